The van der Waals surface area contributed by atoms with Gasteiger partial charge in [0.2, 0.25) is 0 Å². The number of rotatable bonds is 12. The lowest BCUT2D eigenvalue weighted by atomic mass is 9.95. The molecule has 0 saturated carbocycles. The van der Waals surface area contributed by atoms with Crippen molar-refractivity contribution in [2.45, 2.75) is 18.8 Å². The number of hydrogen-bond donors (Lipinski definition) is 1. The predicted molar refractivity (Wildman–Crippen MR) is 241 cm³/mol. The average Bonchev–Trinajstić information content (AvgIpc) is 3.89. The fraction of sp³-hybridized carbons (Fsp3) is 0.317. The van der Waals surface area contributed by atoms with Gasteiger partial charge in [0.25, 0.3) is 11.4 Å². The van der Waals surface area contributed by atoms with Crippen LogP contribution in [0.25, 0.3) is 20.2 Å². The number of carbonyl (C=O) groups is 1. The highest BCUT2D eigenvalue weighted by Gasteiger charge is 2.30. The van der Waals surface area contributed by atoms with E-state index in [0.29, 0.717) is 30.0 Å². The summed E-state index contributed by atoms with van der Waals surface area (Å²) in [6.45, 7) is 8.48. The average molecular weight is 923 g/mol. The van der Waals surface area contributed by atoms with Crippen molar-refractivity contribution in [2.75, 3.05) is 75.2 Å². The van der Waals surface area contributed by atoms with Crippen LogP contribution < -0.4 is 9.80 Å². The first-order chi connectivity index (χ1) is 29.4. The Bertz CT molecular complexity index is 2620. The summed E-state index contributed by atoms with van der Waals surface area (Å²) in [6, 6.07) is 23.6. The molecule has 0 amide bonds. The van der Waals surface area contributed by atoms with Crippen LogP contribution in [0.5, 0.6) is 0 Å². The zero-order valence-electron chi connectivity index (χ0n) is 32.5. The van der Waals surface area contributed by atoms with Gasteiger partial charge >= 0.3 is 5.97 Å². The lowest BCUT2D eigenvalue weighted by Crippen LogP contribution is -2.47. The van der Waals surface area contributed by atoms with Crippen LogP contribution in [0.3, 0.4) is 0 Å². The van der Waals surface area contributed by atoms with Crippen LogP contribution in [-0.2, 0) is 17.6 Å². The smallest absolute Gasteiger partial charge is 0.325 e. The topological polar surface area (TPSA) is 186 Å². The summed E-state index contributed by atoms with van der Waals surface area (Å²) in [4.78, 5) is 41.8. The van der Waals surface area contributed by atoms with Gasteiger partial charge in [0.1, 0.15) is 16.7 Å². The summed E-state index contributed by atoms with van der Waals surface area (Å²) in [5, 5.41) is 43.9. The van der Waals surface area contributed by atoms with E-state index >= 15 is 0 Å². The minimum Gasteiger partial charge on any atom is -0.480 e. The van der Waals surface area contributed by atoms with Crippen molar-refractivity contribution in [2.24, 2.45) is 0 Å². The molecule has 2 aliphatic rings. The summed E-state index contributed by atoms with van der Waals surface area (Å²) in [6.07, 6.45) is 1.19. The van der Waals surface area contributed by atoms with Crippen molar-refractivity contribution < 1.29 is 19.7 Å². The van der Waals surface area contributed by atoms with Gasteiger partial charge < -0.3 is 14.9 Å². The van der Waals surface area contributed by atoms with E-state index in [1.165, 1.54) is 33.8 Å². The van der Waals surface area contributed by atoms with Gasteiger partial charge in [-0.2, -0.15) is 14.0 Å². The Morgan fingerprint density at radius 3 is 1.59 bits per heavy atom. The third kappa shape index (κ3) is 10.1. The molecule has 2 fully saturated rings. The molecule has 0 radical (unpaired) electrons. The van der Waals surface area contributed by atoms with Gasteiger partial charge in [-0.15, -0.1) is 0 Å². The van der Waals surface area contributed by atoms with Crippen molar-refractivity contribution in [3.05, 3.63) is 125 Å². The van der Waals surface area contributed by atoms with E-state index in [2.05, 4.69) is 58.7 Å². The third-order valence-electron chi connectivity index (χ3n) is 10.8. The number of aliphatic carboxylic acids is 1. The predicted octanol–water partition coefficient (Wildman–Crippen LogP) is 8.79. The van der Waals surface area contributed by atoms with Crippen LogP contribution in [0, 0.1) is 31.6 Å². The Labute approximate surface area is 373 Å². The zero-order valence-corrected chi connectivity index (χ0v) is 36.4. The van der Waals surface area contributed by atoms with Crippen molar-refractivity contribution in [1.29, 1.82) is 5.26 Å². The van der Waals surface area contributed by atoms with E-state index in [1.54, 1.807) is 23.7 Å². The number of hydrogen-bond acceptors (Lipinski definition) is 14. The number of halogens is 3. The normalized spacial score (nSPS) is 15.3. The molecule has 4 heterocycles. The first-order valence-corrected chi connectivity index (χ1v) is 21.9. The number of aromatic nitrogens is 2. The van der Waals surface area contributed by atoms with Gasteiger partial charge in [-0.3, -0.25) is 34.8 Å². The van der Waals surface area contributed by atoms with Crippen LogP contribution in [-0.4, -0.2) is 105 Å². The molecule has 2 aliphatic heterocycles. The van der Waals surface area contributed by atoms with Crippen LogP contribution in [0.15, 0.2) is 72.8 Å². The monoisotopic (exact) mass is 921 g/mol. The molecule has 8 rings (SSSR count). The Morgan fingerprint density at radius 2 is 1.15 bits per heavy atom. The number of piperazine rings is 2. The molecule has 0 aliphatic carbocycles. The molecule has 2 saturated heterocycles. The van der Waals surface area contributed by atoms with Gasteiger partial charge in [0, 0.05) is 88.4 Å². The highest BCUT2D eigenvalue weighted by atomic mass is 35.5. The van der Waals surface area contributed by atoms with Crippen LogP contribution in [0.4, 0.5) is 23.0 Å². The van der Waals surface area contributed by atoms with Crippen molar-refractivity contribution >= 4 is 107 Å². The Hall–Kier alpha value is -5.19. The summed E-state index contributed by atoms with van der Waals surface area (Å²) in [5.41, 5.74) is 0.674. The highest BCUT2D eigenvalue weighted by molar-refractivity contribution is 7.14. The van der Waals surface area contributed by atoms with Crippen molar-refractivity contribution in [3.8, 4) is 6.07 Å². The number of nitrogens with zero attached hydrogens (tertiary/aromatic N) is 9. The molecule has 15 nitrogen and oxygen atoms in total. The number of nitro groups is 2. The van der Waals surface area contributed by atoms with E-state index in [4.69, 9.17) is 34.8 Å². The fourth-order valence-electron chi connectivity index (χ4n) is 7.50. The van der Waals surface area contributed by atoms with Crippen molar-refractivity contribution in [3.63, 3.8) is 0 Å². The van der Waals surface area contributed by atoms with E-state index in [9.17, 15) is 35.4 Å². The number of benzene rings is 4. The van der Waals surface area contributed by atoms with Crippen molar-refractivity contribution in [1.82, 2.24) is 18.5 Å². The molecule has 2 aromatic heterocycles. The van der Waals surface area contributed by atoms with E-state index in [1.807, 2.05) is 18.2 Å². The molecule has 61 heavy (non-hydrogen) atoms. The molecule has 1 unspecified atom stereocenters. The van der Waals surface area contributed by atoms with Crippen LogP contribution in [0.2, 0.25) is 15.1 Å². The first kappa shape index (κ1) is 43.9. The maximum atomic E-state index is 11.4. The standard InChI is InChI=1S/C22H20ClN5O4S.C19H18Cl2N4O2S/c23-18-12-19(28(31)32)16(17(13-24)22(29)30)11-14(18)5-6-26-7-9-27(10-8-26)21-15-3-1-2-4-20(15)33-25-21;20-15-12-17(25(26)27)16(21)11-13(15)5-6-23-7-9-24(10-8-23)19-14-3-1-2-4-18(14)28-22-19/h1-4,11-12,17H,5-10H2,(H,29,30);1-4,11-12H,5-10H2. The maximum absolute atomic E-state index is 11.4. The quantitative estimate of drug-likeness (QED) is 0.0908. The van der Waals surface area contributed by atoms with Gasteiger partial charge in [-0.25, -0.2) is 0 Å². The van der Waals surface area contributed by atoms with Gasteiger partial charge in [0.05, 0.1) is 40.9 Å². The molecule has 20 heteroatoms. The maximum Gasteiger partial charge on any atom is 0.325 e. The molecule has 0 bridgehead atoms. The second-order valence-corrected chi connectivity index (χ2v) is 17.3. The number of carboxylic acids is 1. The molecule has 1 atom stereocenters. The second-order valence-electron chi connectivity index (χ2n) is 14.5. The molecule has 0 spiro atoms. The Kier molecular flexibility index (Phi) is 14.2. The number of carboxylic acid groups (broad SMARTS) is 1. The SMILES string of the molecule is N#CC(C(=O)O)c1cc(CCN2CCN(c3nsc4ccccc34)CC2)c(Cl)cc1[N+](=O)[O-].O=[N+]([O-])c1cc(Cl)c(CCN2CCN(c3nsc4ccccc34)CC2)cc1Cl. The van der Waals surface area contributed by atoms with E-state index < -0.39 is 27.4 Å². The molecule has 6 aromatic rings. The first-order valence-electron chi connectivity index (χ1n) is 19.3. The van der Waals surface area contributed by atoms with E-state index in [-0.39, 0.29) is 21.3 Å². The lowest BCUT2D eigenvalue weighted by Gasteiger charge is -2.35. The van der Waals surface area contributed by atoms with Gasteiger partial charge in [-0.1, -0.05) is 59.1 Å². The Morgan fingerprint density at radius 1 is 0.705 bits per heavy atom. The van der Waals surface area contributed by atoms with Crippen LogP contribution >= 0.6 is 57.9 Å². The minimum atomic E-state index is -1.63. The molecular weight excluding hydrogens is 885 g/mol. The Balaban J connectivity index is 0.000000186. The summed E-state index contributed by atoms with van der Waals surface area (Å²) >= 11 is 21.5. The number of anilines is 2. The summed E-state index contributed by atoms with van der Waals surface area (Å²) in [5.74, 6) is -0.975. The minimum absolute atomic E-state index is 0.129. The van der Waals surface area contributed by atoms with Gasteiger partial charge in [-0.05, 0) is 83.4 Å². The highest BCUT2D eigenvalue weighted by Crippen LogP contribution is 2.35. The number of nitriles is 1. The number of fused-ring (bicyclic) bond motifs is 2. The lowest BCUT2D eigenvalue weighted by molar-refractivity contribution is -0.385. The molecule has 316 valence electrons. The largest absolute Gasteiger partial charge is 0.480 e. The van der Waals surface area contributed by atoms with E-state index in [0.717, 1.165) is 92.3 Å². The van der Waals surface area contributed by atoms with Gasteiger partial charge in [0.15, 0.2) is 5.92 Å². The number of nitro benzene ring substituents is 2. The third-order valence-corrected chi connectivity index (χ3v) is 13.5. The second kappa shape index (κ2) is 19.7. The summed E-state index contributed by atoms with van der Waals surface area (Å²) < 4.78 is 11.6. The zero-order chi connectivity index (χ0) is 43.2. The molecular formula is C41H38Cl3N9O6S2. The van der Waals surface area contributed by atoms with Crippen LogP contribution in [0.1, 0.15) is 22.6 Å². The fourth-order valence-corrected chi connectivity index (χ4v) is 9.85. The molecule has 1 N–H and O–H groups in total. The summed E-state index contributed by atoms with van der Waals surface area (Å²) in [7, 11) is 0. The molecule has 4 aromatic carbocycles.